The lowest BCUT2D eigenvalue weighted by atomic mass is 9.74. The van der Waals surface area contributed by atoms with E-state index in [9.17, 15) is 59.0 Å². The van der Waals surface area contributed by atoms with Crippen molar-refractivity contribution in [2.24, 2.45) is 10.8 Å². The predicted molar refractivity (Wildman–Crippen MR) is 328 cm³/mol. The van der Waals surface area contributed by atoms with Crippen LogP contribution in [-0.2, 0) is 45.6 Å². The number of amides is 6. The minimum Gasteiger partial charge on any atom is -0.504 e. The van der Waals surface area contributed by atoms with Crippen molar-refractivity contribution in [1.82, 2.24) is 31.4 Å². The van der Waals surface area contributed by atoms with Gasteiger partial charge in [-0.1, -0.05) is 40.7 Å². The lowest BCUT2D eigenvalue weighted by Crippen LogP contribution is -2.47. The number of hydrogen-bond acceptors (Lipinski definition) is 18. The van der Waals surface area contributed by atoms with Crippen molar-refractivity contribution in [2.75, 3.05) is 63.9 Å². The van der Waals surface area contributed by atoms with Crippen molar-refractivity contribution in [3.8, 4) is 23.0 Å². The number of phenols is 2. The summed E-state index contributed by atoms with van der Waals surface area (Å²) in [7, 11) is 8.95. The van der Waals surface area contributed by atoms with Crippen LogP contribution in [0.5, 0.6) is 23.0 Å². The van der Waals surface area contributed by atoms with Crippen LogP contribution < -0.4 is 41.5 Å². The average molecular weight is 1230 g/mol. The molecule has 10 N–H and O–H groups in total. The van der Waals surface area contributed by atoms with Crippen LogP contribution in [0.3, 0.4) is 0 Å². The summed E-state index contributed by atoms with van der Waals surface area (Å²) in [6.07, 6.45) is 3.13. The fraction of sp³-hybridized carbons (Fsp3) is 0.422. The zero-order valence-electron chi connectivity index (χ0n) is 52.3. The van der Waals surface area contributed by atoms with Crippen LogP contribution in [0.25, 0.3) is 0 Å². The Bertz CT molecular complexity index is 3380. The van der Waals surface area contributed by atoms with Crippen molar-refractivity contribution in [2.45, 2.75) is 117 Å². The summed E-state index contributed by atoms with van der Waals surface area (Å²) in [6, 6.07) is 20.5. The number of rotatable bonds is 23. The van der Waals surface area contributed by atoms with Gasteiger partial charge in [-0.3, -0.25) is 39.2 Å². The van der Waals surface area contributed by atoms with Crippen LogP contribution in [-0.4, -0.2) is 145 Å². The minimum absolute atomic E-state index is 0.0103. The number of unbranched alkanes of at least 4 members (excludes halogenated alkanes) is 1. The molecule has 478 valence electrons. The standard InChI is InChI=1S/C33H54N6O11.C31H27N3O5/c1-19(15-24(41)36-20(2)30(46)38(8)48)50-31(47)22(11-9-10-14-39(49)26(43)16-33(6,7)18-32(3,4)5)37-25(42)17-35-29(45)27-21(34)12-13-23(40)28(27)44;1-33(2)21-8-11-25-27(15-21)38-28-16-22(34(3)4)9-12-26(28)31(25)24-10-7-20(14-23(24)30(36)39-31)29(35)32-17-19-6-5-13-37-18-19/h12-13,19-20,22,40,44,48-49H,9-11,14-18,34H2,1-8H3,(H,35,45)(H,36,41)(H,37,42);5-16,18H,17H2,1-4H3/p+1. The molecule has 0 aliphatic carbocycles. The molecule has 0 fully saturated rings. The molecule has 0 saturated heterocycles. The molecule has 7 rings (SSSR count). The summed E-state index contributed by atoms with van der Waals surface area (Å²) in [5.41, 5.74) is 9.14. The van der Waals surface area contributed by atoms with Crippen molar-refractivity contribution in [1.29, 1.82) is 0 Å². The van der Waals surface area contributed by atoms with Crippen LogP contribution in [0.15, 0.2) is 95.8 Å². The number of nitrogens with zero attached hydrogens (tertiary/aromatic N) is 4. The van der Waals surface area contributed by atoms with E-state index in [0.29, 0.717) is 44.9 Å². The molecule has 0 bridgehead atoms. The van der Waals surface area contributed by atoms with Gasteiger partial charge in [0.25, 0.3) is 17.7 Å². The zero-order valence-corrected chi connectivity index (χ0v) is 52.3. The van der Waals surface area contributed by atoms with Gasteiger partial charge in [-0.05, 0) is 105 Å². The number of fused-ring (bicyclic) bond motifs is 6. The molecular weight excluding hydrogens is 1150 g/mol. The molecule has 4 aromatic carbocycles. The SMILES string of the molecule is CC(CC(=O)NC(C)C(=O)N(C)O)OC(=O)C(CCCCN(O)C(=O)CC(C)(C)CC(C)(C)C)NC(=O)CNC(=O)c1c(N)ccc(O)c1O.CN(C)c1ccc2c(c1)Oc1cc(N(C)C)ccc1C21OC(=O)c2cc(C(=O)NCc3ccc[o+]c3)ccc21. The van der Waals surface area contributed by atoms with E-state index >= 15 is 0 Å². The Labute approximate surface area is 517 Å². The number of benzene rings is 4. The van der Waals surface area contributed by atoms with E-state index in [-0.39, 0.29) is 61.1 Å². The first-order valence-corrected chi connectivity index (χ1v) is 28.9. The summed E-state index contributed by atoms with van der Waals surface area (Å²) in [5, 5.41) is 50.3. The van der Waals surface area contributed by atoms with E-state index in [1.807, 2.05) is 100 Å². The third-order valence-electron chi connectivity index (χ3n) is 14.5. The predicted octanol–water partition coefficient (Wildman–Crippen LogP) is 7.00. The number of nitrogens with two attached hydrogens (primary N) is 1. The van der Waals surface area contributed by atoms with Crippen LogP contribution in [0, 0.1) is 10.8 Å². The number of phenolic OH excluding ortho intramolecular Hbond substituents is 2. The third-order valence-corrected chi connectivity index (χ3v) is 14.5. The lowest BCUT2D eigenvalue weighted by Gasteiger charge is -2.37. The molecule has 0 radical (unpaired) electrons. The molecule has 3 heterocycles. The number of nitrogens with one attached hydrogen (secondary N) is 4. The van der Waals surface area contributed by atoms with Gasteiger partial charge >= 0.3 is 24.5 Å². The van der Waals surface area contributed by atoms with E-state index < -0.39 is 88.9 Å². The van der Waals surface area contributed by atoms with Gasteiger partial charge < -0.3 is 61.2 Å². The zero-order chi connectivity index (χ0) is 65.9. The summed E-state index contributed by atoms with van der Waals surface area (Å²) in [6.45, 7) is 12.5. The first-order valence-electron chi connectivity index (χ1n) is 28.9. The number of hydrogen-bond donors (Lipinski definition) is 9. The van der Waals surface area contributed by atoms with Crippen LogP contribution >= 0.6 is 0 Å². The molecule has 6 amide bonds. The van der Waals surface area contributed by atoms with Crippen LogP contribution in [0.2, 0.25) is 0 Å². The second-order valence-electron chi connectivity index (χ2n) is 24.5. The second-order valence-corrected chi connectivity index (χ2v) is 24.5. The number of nitrogen functional groups attached to an aromatic ring is 1. The number of carbonyl (C=O) groups is 8. The number of hydroxylamine groups is 4. The van der Waals surface area contributed by atoms with E-state index in [2.05, 4.69) is 42.0 Å². The Balaban J connectivity index is 0.000000290. The number of likely N-dealkylation sites (N-methyl/N-ethyl adjacent to an activating group) is 1. The molecule has 3 atom stereocenters. The van der Waals surface area contributed by atoms with E-state index in [4.69, 9.17) is 24.4 Å². The Morgan fingerprint density at radius 3 is 1.98 bits per heavy atom. The van der Waals surface area contributed by atoms with Gasteiger partial charge in [0.2, 0.25) is 17.7 Å². The number of esters is 2. The molecule has 1 spiro atoms. The number of anilines is 3. The van der Waals surface area contributed by atoms with E-state index in [1.54, 1.807) is 30.7 Å². The Kier molecular flexibility index (Phi) is 22.4. The third kappa shape index (κ3) is 17.6. The summed E-state index contributed by atoms with van der Waals surface area (Å²) < 4.78 is 23.2. The summed E-state index contributed by atoms with van der Waals surface area (Å²) in [5.74, 6) is -5.53. The quantitative estimate of drug-likeness (QED) is 0.00464. The first-order chi connectivity index (χ1) is 41.7. The molecule has 2 aliphatic rings. The van der Waals surface area contributed by atoms with E-state index in [0.717, 1.165) is 47.6 Å². The monoisotopic (exact) mass is 1230 g/mol. The highest BCUT2D eigenvalue weighted by Gasteiger charge is 2.54. The first kappa shape index (κ1) is 68.6. The molecule has 5 aromatic rings. The summed E-state index contributed by atoms with van der Waals surface area (Å²) in [4.78, 5) is 106. The Morgan fingerprint density at radius 1 is 0.764 bits per heavy atom. The van der Waals surface area contributed by atoms with Gasteiger partial charge in [-0.15, -0.1) is 0 Å². The molecule has 1 aromatic heterocycles. The fourth-order valence-corrected chi connectivity index (χ4v) is 10.7. The van der Waals surface area contributed by atoms with Crippen molar-refractivity contribution in [3.05, 3.63) is 130 Å². The maximum atomic E-state index is 13.4. The highest BCUT2D eigenvalue weighted by atomic mass is 16.6. The lowest BCUT2D eigenvalue weighted by molar-refractivity contribution is -0.168. The van der Waals surface area contributed by atoms with Crippen LogP contribution in [0.4, 0.5) is 17.1 Å². The van der Waals surface area contributed by atoms with Gasteiger partial charge in [0.05, 0.1) is 30.6 Å². The average Bonchev–Trinajstić information content (AvgIpc) is 1.64. The molecule has 89 heavy (non-hydrogen) atoms. The highest BCUT2D eigenvalue weighted by Crippen LogP contribution is 2.57. The highest BCUT2D eigenvalue weighted by molar-refractivity contribution is 6.04. The van der Waals surface area contributed by atoms with Crippen LogP contribution in [0.1, 0.15) is 140 Å². The molecular formula is C64H82N9O16+. The maximum Gasteiger partial charge on any atom is 0.340 e. The second kappa shape index (κ2) is 29.0. The molecule has 2 aliphatic heterocycles. The van der Waals surface area contributed by atoms with Crippen molar-refractivity contribution < 1.29 is 77.6 Å². The maximum absolute atomic E-state index is 13.4. The Morgan fingerprint density at radius 2 is 1.39 bits per heavy atom. The largest absolute Gasteiger partial charge is 0.504 e. The van der Waals surface area contributed by atoms with Gasteiger partial charge in [-0.2, -0.15) is 0 Å². The van der Waals surface area contributed by atoms with Gasteiger partial charge in [0, 0.05) is 106 Å². The van der Waals surface area contributed by atoms with Gasteiger partial charge in [0.15, 0.2) is 17.1 Å². The molecule has 3 unspecified atom stereocenters. The molecule has 25 heteroatoms. The molecule has 25 nitrogen and oxygen atoms in total. The van der Waals surface area contributed by atoms with Crippen molar-refractivity contribution in [3.63, 3.8) is 0 Å². The van der Waals surface area contributed by atoms with Gasteiger partial charge in [0.1, 0.15) is 35.3 Å². The normalized spacial score (nSPS) is 13.6. The topological polar surface area (TPSA) is 344 Å². The number of aromatic hydroxyl groups is 2. The van der Waals surface area contributed by atoms with Gasteiger partial charge in [-0.25, -0.2) is 24.1 Å². The smallest absolute Gasteiger partial charge is 0.340 e. The number of ether oxygens (including phenoxy) is 3. The Hall–Kier alpha value is -9.49. The van der Waals surface area contributed by atoms with Crippen molar-refractivity contribution >= 4 is 64.4 Å². The summed E-state index contributed by atoms with van der Waals surface area (Å²) >= 11 is 0. The minimum atomic E-state index is -1.28. The number of carbonyl (C=O) groups excluding carboxylic acids is 8. The van der Waals surface area contributed by atoms with E-state index in [1.165, 1.54) is 19.9 Å². The fourth-order valence-electron chi connectivity index (χ4n) is 10.7. The molecule has 0 saturated carbocycles.